The first kappa shape index (κ1) is 27.2. The average molecular weight is 549 g/mol. The summed E-state index contributed by atoms with van der Waals surface area (Å²) >= 11 is 1.18. The van der Waals surface area contributed by atoms with Crippen LogP contribution in [0.1, 0.15) is 26.2 Å². The summed E-state index contributed by atoms with van der Waals surface area (Å²) in [6.07, 6.45) is 1.50. The molecule has 2 aromatic carbocycles. The molecule has 198 valence electrons. The number of halogens is 1. The number of carbonyl (C=O) groups is 2. The van der Waals surface area contributed by atoms with E-state index in [1.54, 1.807) is 23.1 Å². The molecule has 1 atom stereocenters. The fraction of sp³-hybridized carbons (Fsp3) is 0.400. The van der Waals surface area contributed by atoms with E-state index < -0.39 is 27.0 Å². The number of nitrogens with one attached hydrogen (secondary N) is 1. The first-order chi connectivity index (χ1) is 17.8. The maximum absolute atomic E-state index is 13.9. The summed E-state index contributed by atoms with van der Waals surface area (Å²) < 4.78 is 46.3. The zero-order chi connectivity index (χ0) is 26.4. The van der Waals surface area contributed by atoms with E-state index >= 15 is 0 Å². The molecule has 0 spiro atoms. The van der Waals surface area contributed by atoms with Crippen molar-refractivity contribution in [1.82, 2.24) is 9.21 Å². The van der Waals surface area contributed by atoms with Crippen molar-refractivity contribution in [2.45, 2.75) is 36.3 Å². The maximum atomic E-state index is 13.9. The van der Waals surface area contributed by atoms with E-state index in [0.717, 1.165) is 12.8 Å². The predicted molar refractivity (Wildman–Crippen MR) is 141 cm³/mol. The van der Waals surface area contributed by atoms with Crippen molar-refractivity contribution < 1.29 is 27.1 Å². The molecular formula is C25H29FN4O5S2. The van der Waals surface area contributed by atoms with Crippen molar-refractivity contribution >= 4 is 50.1 Å². The molecule has 9 nitrogen and oxygen atoms in total. The number of benzene rings is 2. The summed E-state index contributed by atoms with van der Waals surface area (Å²) in [7, 11) is -3.62. The molecule has 0 radical (unpaired) electrons. The van der Waals surface area contributed by atoms with Crippen LogP contribution in [0.25, 0.3) is 0 Å². The number of anilines is 1. The first-order valence-electron chi connectivity index (χ1n) is 12.1. The zero-order valence-corrected chi connectivity index (χ0v) is 22.1. The van der Waals surface area contributed by atoms with Gasteiger partial charge in [0.1, 0.15) is 11.1 Å². The molecule has 2 fully saturated rings. The van der Waals surface area contributed by atoms with Crippen LogP contribution in [0.2, 0.25) is 0 Å². The second kappa shape index (κ2) is 12.2. The minimum Gasteiger partial charge on any atom is -0.379 e. The lowest BCUT2D eigenvalue weighted by atomic mass is 10.2. The van der Waals surface area contributed by atoms with E-state index in [0.29, 0.717) is 43.7 Å². The lowest BCUT2D eigenvalue weighted by molar-refractivity contribution is -0.128. The number of carbonyl (C=O) groups excluding carboxylic acids is 2. The largest absolute Gasteiger partial charge is 0.379 e. The predicted octanol–water partition coefficient (Wildman–Crippen LogP) is 3.61. The quantitative estimate of drug-likeness (QED) is 0.513. The molecule has 2 amide bonds. The molecule has 37 heavy (non-hydrogen) atoms. The Bertz CT molecular complexity index is 1260. The second-order valence-electron chi connectivity index (χ2n) is 8.59. The lowest BCUT2D eigenvalue weighted by Crippen LogP contribution is -2.40. The van der Waals surface area contributed by atoms with E-state index in [2.05, 4.69) is 10.3 Å². The van der Waals surface area contributed by atoms with E-state index in [1.807, 2.05) is 6.92 Å². The number of morpholine rings is 1. The number of hydrogen-bond acceptors (Lipinski definition) is 7. The van der Waals surface area contributed by atoms with Gasteiger partial charge in [-0.3, -0.25) is 14.5 Å². The molecule has 12 heteroatoms. The molecule has 2 heterocycles. The van der Waals surface area contributed by atoms with E-state index in [-0.39, 0.29) is 22.9 Å². The fourth-order valence-electron chi connectivity index (χ4n) is 3.92. The highest BCUT2D eigenvalue weighted by Gasteiger charge is 2.39. The van der Waals surface area contributed by atoms with Gasteiger partial charge in [-0.2, -0.15) is 4.31 Å². The number of amides is 2. The molecule has 4 rings (SSSR count). The Kier molecular flexibility index (Phi) is 8.95. The lowest BCUT2D eigenvalue weighted by Gasteiger charge is -2.26. The third-order valence-corrected chi connectivity index (χ3v) is 9.03. The van der Waals surface area contributed by atoms with Crippen LogP contribution in [0.4, 0.5) is 15.8 Å². The molecule has 2 aromatic rings. The Labute approximate surface area is 220 Å². The number of hydrogen-bond donors (Lipinski definition) is 1. The van der Waals surface area contributed by atoms with Gasteiger partial charge < -0.3 is 10.1 Å². The number of ether oxygens (including phenoxy) is 1. The zero-order valence-electron chi connectivity index (χ0n) is 20.4. The second-order valence-corrected chi connectivity index (χ2v) is 11.7. The third kappa shape index (κ3) is 6.56. The minimum absolute atomic E-state index is 0.0618. The highest BCUT2D eigenvalue weighted by atomic mass is 32.2. The van der Waals surface area contributed by atoms with Crippen LogP contribution >= 0.6 is 11.8 Å². The van der Waals surface area contributed by atoms with Crippen LogP contribution in [-0.2, 0) is 24.3 Å². The molecule has 2 aliphatic heterocycles. The number of sulfonamides is 1. The molecule has 0 unspecified atom stereocenters. The third-order valence-electron chi connectivity index (χ3n) is 5.94. The Morgan fingerprint density at radius 3 is 2.54 bits per heavy atom. The Morgan fingerprint density at radius 1 is 1.16 bits per heavy atom. The number of amidine groups is 1. The van der Waals surface area contributed by atoms with Gasteiger partial charge in [0.2, 0.25) is 21.8 Å². The van der Waals surface area contributed by atoms with Gasteiger partial charge in [-0.05, 0) is 42.8 Å². The molecule has 0 aromatic heterocycles. The molecule has 2 saturated heterocycles. The molecule has 0 bridgehead atoms. The van der Waals surface area contributed by atoms with Crippen LogP contribution in [0, 0.1) is 5.82 Å². The maximum Gasteiger partial charge on any atom is 0.243 e. The van der Waals surface area contributed by atoms with Crippen molar-refractivity contribution in [3.8, 4) is 0 Å². The van der Waals surface area contributed by atoms with Crippen molar-refractivity contribution in [1.29, 1.82) is 0 Å². The van der Waals surface area contributed by atoms with E-state index in [1.165, 1.54) is 46.4 Å². The van der Waals surface area contributed by atoms with Crippen molar-refractivity contribution in [2.75, 3.05) is 38.2 Å². The smallest absolute Gasteiger partial charge is 0.243 e. The summed E-state index contributed by atoms with van der Waals surface area (Å²) in [5.74, 6) is -1.25. The average Bonchev–Trinajstić information content (AvgIpc) is 3.18. The van der Waals surface area contributed by atoms with Gasteiger partial charge in [0.15, 0.2) is 5.17 Å². The van der Waals surface area contributed by atoms with Gasteiger partial charge in [-0.1, -0.05) is 37.2 Å². The number of para-hydroxylation sites is 1. The van der Waals surface area contributed by atoms with Crippen LogP contribution < -0.4 is 5.32 Å². The molecule has 1 N–H and O–H groups in total. The Balaban J connectivity index is 1.49. The monoisotopic (exact) mass is 548 g/mol. The Hall–Kier alpha value is -2.80. The van der Waals surface area contributed by atoms with Crippen LogP contribution in [-0.4, -0.2) is 72.7 Å². The number of aliphatic imine (C=N–C) groups is 1. The van der Waals surface area contributed by atoms with Crippen molar-refractivity contribution in [3.63, 3.8) is 0 Å². The summed E-state index contributed by atoms with van der Waals surface area (Å²) in [4.78, 5) is 32.0. The van der Waals surface area contributed by atoms with Gasteiger partial charge in [0.05, 0.1) is 29.5 Å². The molecule has 2 aliphatic rings. The van der Waals surface area contributed by atoms with Gasteiger partial charge in [0.25, 0.3) is 0 Å². The van der Waals surface area contributed by atoms with Crippen LogP contribution in [0.3, 0.4) is 0 Å². The number of nitrogens with zero attached hydrogens (tertiary/aromatic N) is 3. The highest BCUT2D eigenvalue weighted by Crippen LogP contribution is 2.32. The van der Waals surface area contributed by atoms with E-state index in [4.69, 9.17) is 4.74 Å². The minimum atomic E-state index is -3.62. The molecular weight excluding hydrogens is 519 g/mol. The first-order valence-corrected chi connectivity index (χ1v) is 14.4. The number of rotatable bonds is 9. The van der Waals surface area contributed by atoms with Crippen molar-refractivity contribution in [2.24, 2.45) is 4.99 Å². The van der Waals surface area contributed by atoms with Gasteiger partial charge >= 0.3 is 0 Å². The van der Waals surface area contributed by atoms with E-state index in [9.17, 15) is 22.4 Å². The highest BCUT2D eigenvalue weighted by molar-refractivity contribution is 8.15. The summed E-state index contributed by atoms with van der Waals surface area (Å²) in [6.45, 7) is 3.81. The van der Waals surface area contributed by atoms with Crippen LogP contribution in [0.15, 0.2) is 58.4 Å². The standard InChI is InChI=1S/C25H29FN4O5S2/c1-2-3-12-30-24(32)22(17-23(31)28-21-7-5-4-6-20(21)26)36-25(30)27-18-8-10-19(11-9-18)37(33,34)29-13-15-35-16-14-29/h4-11,22H,2-3,12-17H2,1H3,(H,28,31)/t22-/m0/s1. The number of unbranched alkanes of at least 4 members (excludes halogenated alkanes) is 1. The van der Waals surface area contributed by atoms with Gasteiger partial charge in [-0.25, -0.2) is 17.8 Å². The summed E-state index contributed by atoms with van der Waals surface area (Å²) in [6, 6.07) is 12.1. The SMILES string of the molecule is CCCCN1C(=O)[C@H](CC(=O)Nc2ccccc2F)SC1=Nc1ccc(S(=O)(=O)N2CCOCC2)cc1. The molecule has 0 aliphatic carbocycles. The topological polar surface area (TPSA) is 108 Å². The summed E-state index contributed by atoms with van der Waals surface area (Å²) in [5.41, 5.74) is 0.556. The summed E-state index contributed by atoms with van der Waals surface area (Å²) in [5, 5.41) is 2.28. The van der Waals surface area contributed by atoms with Crippen molar-refractivity contribution in [3.05, 3.63) is 54.3 Å². The normalized spacial score (nSPS) is 19.9. The molecule has 0 saturated carbocycles. The van der Waals surface area contributed by atoms with Gasteiger partial charge in [-0.15, -0.1) is 0 Å². The number of thioether (sulfide) groups is 1. The fourth-order valence-corrected chi connectivity index (χ4v) is 6.51. The van der Waals surface area contributed by atoms with Gasteiger partial charge in [0, 0.05) is 26.1 Å². The van der Waals surface area contributed by atoms with Crippen LogP contribution in [0.5, 0.6) is 0 Å². The Morgan fingerprint density at radius 2 is 1.86 bits per heavy atom.